The summed E-state index contributed by atoms with van der Waals surface area (Å²) in [5, 5.41) is 0. The van der Waals surface area contributed by atoms with Crippen LogP contribution in [0.2, 0.25) is 0 Å². The van der Waals surface area contributed by atoms with Crippen molar-refractivity contribution in [2.24, 2.45) is 5.92 Å². The Morgan fingerprint density at radius 1 is 0.917 bits per heavy atom. The van der Waals surface area contributed by atoms with Gasteiger partial charge in [-0.05, 0) is 79.0 Å². The molecular formula is C32H37N3O. The Morgan fingerprint density at radius 2 is 1.67 bits per heavy atom. The minimum atomic E-state index is 0.716. The van der Waals surface area contributed by atoms with Crippen molar-refractivity contribution in [1.82, 2.24) is 9.97 Å². The van der Waals surface area contributed by atoms with Gasteiger partial charge in [0.25, 0.3) is 0 Å². The molecule has 1 unspecified atom stereocenters. The van der Waals surface area contributed by atoms with Crippen molar-refractivity contribution in [3.05, 3.63) is 72.3 Å². The quantitative estimate of drug-likeness (QED) is 0.197. The molecule has 2 heterocycles. The second kappa shape index (κ2) is 11.6. The Bertz CT molecular complexity index is 1270. The van der Waals surface area contributed by atoms with Gasteiger partial charge in [0.1, 0.15) is 12.1 Å². The van der Waals surface area contributed by atoms with Crippen LogP contribution in [0.25, 0.3) is 33.5 Å². The lowest BCUT2D eigenvalue weighted by molar-refractivity contribution is -0.107. The third-order valence-corrected chi connectivity index (χ3v) is 7.71. The zero-order valence-electron chi connectivity index (χ0n) is 21.4. The third-order valence-electron chi connectivity index (χ3n) is 7.71. The molecule has 1 N–H and O–H groups in total. The summed E-state index contributed by atoms with van der Waals surface area (Å²) in [4.78, 5) is 21.4. The van der Waals surface area contributed by atoms with E-state index in [4.69, 9.17) is 4.98 Å². The molecule has 4 aromatic rings. The van der Waals surface area contributed by atoms with Crippen molar-refractivity contribution in [3.8, 4) is 22.5 Å². The zero-order valence-corrected chi connectivity index (χ0v) is 21.4. The third kappa shape index (κ3) is 5.70. The molecule has 0 radical (unpaired) electrons. The standard InChI is InChI=1S/C32H37N3O/c1-2-24-9-18-30-31(23-24)34-32(33-30)28-12-10-26(11-13-28)27-14-16-29(17-15-27)35-20-6-8-25(19-21-35)7-4-3-5-22-36/h9-18,22-23,25H,2-8,19-21H2,1H3,(H,33,34). The molecule has 3 aromatic carbocycles. The molecule has 0 spiro atoms. The number of aromatic amines is 1. The molecule has 1 aromatic heterocycles. The summed E-state index contributed by atoms with van der Waals surface area (Å²) in [6.45, 7) is 4.44. The van der Waals surface area contributed by atoms with Crippen LogP contribution in [0.15, 0.2) is 66.7 Å². The van der Waals surface area contributed by atoms with E-state index in [1.165, 1.54) is 54.5 Å². The van der Waals surface area contributed by atoms with E-state index >= 15 is 0 Å². The molecule has 4 heteroatoms. The predicted molar refractivity (Wildman–Crippen MR) is 150 cm³/mol. The van der Waals surface area contributed by atoms with Crippen LogP contribution in [0.3, 0.4) is 0 Å². The van der Waals surface area contributed by atoms with E-state index in [9.17, 15) is 4.79 Å². The number of H-pyrrole nitrogens is 1. The van der Waals surface area contributed by atoms with Gasteiger partial charge in [-0.15, -0.1) is 0 Å². The van der Waals surface area contributed by atoms with Crippen LogP contribution in [0.1, 0.15) is 57.4 Å². The Morgan fingerprint density at radius 3 is 2.42 bits per heavy atom. The first-order valence-electron chi connectivity index (χ1n) is 13.6. The highest BCUT2D eigenvalue weighted by Crippen LogP contribution is 2.29. The Kier molecular flexibility index (Phi) is 7.80. The number of anilines is 1. The maximum absolute atomic E-state index is 10.5. The lowest BCUT2D eigenvalue weighted by atomic mass is 9.94. The summed E-state index contributed by atoms with van der Waals surface area (Å²) in [5.74, 6) is 1.73. The van der Waals surface area contributed by atoms with Crippen LogP contribution in [0.4, 0.5) is 5.69 Å². The maximum Gasteiger partial charge on any atom is 0.138 e. The Balaban J connectivity index is 1.22. The van der Waals surface area contributed by atoms with Gasteiger partial charge in [-0.3, -0.25) is 0 Å². The maximum atomic E-state index is 10.5. The number of fused-ring (bicyclic) bond motifs is 1. The minimum Gasteiger partial charge on any atom is -0.372 e. The lowest BCUT2D eigenvalue weighted by Gasteiger charge is -2.23. The summed E-state index contributed by atoms with van der Waals surface area (Å²) in [6, 6.07) is 24.2. The second-order valence-electron chi connectivity index (χ2n) is 10.1. The summed E-state index contributed by atoms with van der Waals surface area (Å²) in [5.41, 5.74) is 8.33. The fraction of sp³-hybridized carbons (Fsp3) is 0.375. The van der Waals surface area contributed by atoms with Crippen LogP contribution >= 0.6 is 0 Å². The van der Waals surface area contributed by atoms with Gasteiger partial charge in [0.05, 0.1) is 11.0 Å². The number of hydrogen-bond donors (Lipinski definition) is 1. The first kappa shape index (κ1) is 24.3. The Hall–Kier alpha value is -3.40. The number of rotatable bonds is 9. The van der Waals surface area contributed by atoms with Gasteiger partial charge in [0.2, 0.25) is 0 Å². The molecule has 186 valence electrons. The molecule has 0 bridgehead atoms. The molecule has 36 heavy (non-hydrogen) atoms. The summed E-state index contributed by atoms with van der Waals surface area (Å²) >= 11 is 0. The van der Waals surface area contributed by atoms with Crippen LogP contribution in [-0.2, 0) is 11.2 Å². The molecule has 0 aliphatic carbocycles. The summed E-state index contributed by atoms with van der Waals surface area (Å²) in [7, 11) is 0. The van der Waals surface area contributed by atoms with Gasteiger partial charge in [-0.1, -0.05) is 62.2 Å². The molecular weight excluding hydrogens is 442 g/mol. The molecule has 1 atom stereocenters. The van der Waals surface area contributed by atoms with E-state index in [1.807, 2.05) is 0 Å². The zero-order chi connectivity index (χ0) is 24.7. The first-order chi connectivity index (χ1) is 17.7. The van der Waals surface area contributed by atoms with Crippen LogP contribution < -0.4 is 4.90 Å². The van der Waals surface area contributed by atoms with Crippen molar-refractivity contribution >= 4 is 23.0 Å². The number of imidazole rings is 1. The van der Waals surface area contributed by atoms with Gasteiger partial charge in [-0.2, -0.15) is 0 Å². The molecule has 0 saturated carbocycles. The average molecular weight is 480 g/mol. The number of carbonyl (C=O) groups excluding carboxylic acids is 1. The van der Waals surface area contributed by atoms with Crippen molar-refractivity contribution in [2.45, 2.75) is 58.3 Å². The number of benzene rings is 3. The summed E-state index contributed by atoms with van der Waals surface area (Å²) < 4.78 is 0. The van der Waals surface area contributed by atoms with Crippen LogP contribution in [0.5, 0.6) is 0 Å². The van der Waals surface area contributed by atoms with E-state index in [1.54, 1.807) is 0 Å². The number of hydrogen-bond acceptors (Lipinski definition) is 3. The molecule has 1 aliphatic heterocycles. The number of aromatic nitrogens is 2. The predicted octanol–water partition coefficient (Wildman–Crippen LogP) is 7.83. The van der Waals surface area contributed by atoms with Gasteiger partial charge in [0, 0.05) is 30.8 Å². The normalized spacial score (nSPS) is 16.2. The number of nitrogens with zero attached hydrogens (tertiary/aromatic N) is 2. The number of nitrogens with one attached hydrogen (secondary N) is 1. The van der Waals surface area contributed by atoms with E-state index in [-0.39, 0.29) is 0 Å². The number of carbonyl (C=O) groups is 1. The van der Waals surface area contributed by atoms with E-state index in [2.05, 4.69) is 83.5 Å². The van der Waals surface area contributed by atoms with Gasteiger partial charge in [0.15, 0.2) is 0 Å². The van der Waals surface area contributed by atoms with Crippen LogP contribution in [-0.4, -0.2) is 29.3 Å². The largest absolute Gasteiger partial charge is 0.372 e. The first-order valence-corrected chi connectivity index (χ1v) is 13.6. The molecule has 4 nitrogen and oxygen atoms in total. The highest BCUT2D eigenvalue weighted by atomic mass is 16.1. The smallest absolute Gasteiger partial charge is 0.138 e. The van der Waals surface area contributed by atoms with E-state index < -0.39 is 0 Å². The minimum absolute atomic E-state index is 0.716. The van der Waals surface area contributed by atoms with Gasteiger partial charge < -0.3 is 14.7 Å². The van der Waals surface area contributed by atoms with Crippen molar-refractivity contribution < 1.29 is 4.79 Å². The molecule has 0 amide bonds. The summed E-state index contributed by atoms with van der Waals surface area (Å²) in [6.07, 6.45) is 10.1. The molecule has 5 rings (SSSR count). The molecule has 1 saturated heterocycles. The lowest BCUT2D eigenvalue weighted by Crippen LogP contribution is -2.24. The van der Waals surface area contributed by atoms with Crippen molar-refractivity contribution in [1.29, 1.82) is 0 Å². The average Bonchev–Trinajstić information content (AvgIpc) is 3.21. The monoisotopic (exact) mass is 479 g/mol. The topological polar surface area (TPSA) is 49.0 Å². The molecule has 1 fully saturated rings. The van der Waals surface area contributed by atoms with Crippen molar-refractivity contribution in [2.75, 3.05) is 18.0 Å². The number of aldehydes is 1. The van der Waals surface area contributed by atoms with Crippen LogP contribution in [0, 0.1) is 5.92 Å². The highest BCUT2D eigenvalue weighted by Gasteiger charge is 2.17. The number of aryl methyl sites for hydroxylation is 1. The van der Waals surface area contributed by atoms with Gasteiger partial charge >= 0.3 is 0 Å². The van der Waals surface area contributed by atoms with E-state index in [0.29, 0.717) is 6.42 Å². The fourth-order valence-electron chi connectivity index (χ4n) is 5.47. The number of unbranched alkanes of at least 4 members (excludes halogenated alkanes) is 2. The SMILES string of the molecule is CCc1ccc2nc(-c3ccc(-c4ccc(N5CCCC(CCCCC=O)CC5)cc4)cc3)[nH]c2c1. The molecule has 1 aliphatic rings. The fourth-order valence-corrected chi connectivity index (χ4v) is 5.47. The van der Waals surface area contributed by atoms with E-state index in [0.717, 1.165) is 60.6 Å². The van der Waals surface area contributed by atoms with Gasteiger partial charge in [-0.25, -0.2) is 4.98 Å². The van der Waals surface area contributed by atoms with Crippen molar-refractivity contribution in [3.63, 3.8) is 0 Å². The Labute approximate surface area is 214 Å². The second-order valence-corrected chi connectivity index (χ2v) is 10.1. The highest BCUT2D eigenvalue weighted by molar-refractivity contribution is 5.80.